The highest BCUT2D eigenvalue weighted by Gasteiger charge is 2.53. The number of hydrogen-bond acceptors (Lipinski definition) is 4. The van der Waals surface area contributed by atoms with Crippen LogP contribution in [0.4, 0.5) is 0 Å². The van der Waals surface area contributed by atoms with Crippen LogP contribution in [0.3, 0.4) is 0 Å². The molecule has 0 unspecified atom stereocenters. The molecule has 0 radical (unpaired) electrons. The second kappa shape index (κ2) is 4.67. The number of aromatic hydroxyl groups is 1. The van der Waals surface area contributed by atoms with Crippen molar-refractivity contribution in [2.24, 2.45) is 5.73 Å². The molecule has 104 valence electrons. The van der Waals surface area contributed by atoms with Crippen LogP contribution in [0.1, 0.15) is 39.2 Å². The molecule has 0 saturated carbocycles. The zero-order valence-corrected chi connectivity index (χ0v) is 12.4. The van der Waals surface area contributed by atoms with E-state index in [9.17, 15) is 5.11 Å². The summed E-state index contributed by atoms with van der Waals surface area (Å²) < 4.78 is 11.8. The summed E-state index contributed by atoms with van der Waals surface area (Å²) >= 11 is 5.89. The van der Waals surface area contributed by atoms with Crippen molar-refractivity contribution >= 4 is 18.7 Å². The van der Waals surface area contributed by atoms with E-state index in [4.69, 9.17) is 26.6 Å². The van der Waals surface area contributed by atoms with Gasteiger partial charge < -0.3 is 20.1 Å². The standard InChI is InChI=1S/C13H19BClNO3/c1-12(2)13(3,4)19-14(18-12)11(16)8-5-6-10(17)9(15)7-8/h5-7,11,17H,16H2,1-4H3/t11-/m0/s1. The average molecular weight is 284 g/mol. The molecular formula is C13H19BClNO3. The quantitative estimate of drug-likeness (QED) is 0.819. The lowest BCUT2D eigenvalue weighted by Gasteiger charge is -2.32. The van der Waals surface area contributed by atoms with E-state index >= 15 is 0 Å². The van der Waals surface area contributed by atoms with Gasteiger partial charge in [-0.15, -0.1) is 0 Å². The Hall–Kier alpha value is -0.745. The van der Waals surface area contributed by atoms with E-state index in [-0.39, 0.29) is 10.8 Å². The van der Waals surface area contributed by atoms with Crippen molar-refractivity contribution in [3.05, 3.63) is 28.8 Å². The monoisotopic (exact) mass is 283 g/mol. The van der Waals surface area contributed by atoms with Gasteiger partial charge in [-0.05, 0) is 45.4 Å². The second-order valence-corrected chi connectivity index (χ2v) is 6.27. The summed E-state index contributed by atoms with van der Waals surface area (Å²) in [6.45, 7) is 7.90. The lowest BCUT2D eigenvalue weighted by Crippen LogP contribution is -2.41. The summed E-state index contributed by atoms with van der Waals surface area (Å²) in [6, 6.07) is 4.87. The smallest absolute Gasteiger partial charge is 0.480 e. The van der Waals surface area contributed by atoms with Gasteiger partial charge in [0.15, 0.2) is 0 Å². The molecule has 1 fully saturated rings. The molecule has 2 rings (SSSR count). The van der Waals surface area contributed by atoms with Crippen LogP contribution in [0.5, 0.6) is 5.75 Å². The van der Waals surface area contributed by atoms with E-state index in [1.807, 2.05) is 27.7 Å². The maximum Gasteiger partial charge on any atom is 0.480 e. The van der Waals surface area contributed by atoms with Gasteiger partial charge in [0.1, 0.15) is 5.75 Å². The minimum Gasteiger partial charge on any atom is -0.506 e. The molecule has 3 N–H and O–H groups in total. The SMILES string of the molecule is CC1(C)OB([C@@H](N)c2ccc(O)c(Cl)c2)OC1(C)C. The van der Waals surface area contributed by atoms with Gasteiger partial charge in [-0.2, -0.15) is 0 Å². The molecule has 1 aliphatic rings. The number of rotatable bonds is 2. The van der Waals surface area contributed by atoms with Gasteiger partial charge >= 0.3 is 7.12 Å². The predicted molar refractivity (Wildman–Crippen MR) is 76.1 cm³/mol. The Bertz CT molecular complexity index is 477. The molecule has 0 aromatic heterocycles. The molecule has 1 aromatic rings. The zero-order valence-electron chi connectivity index (χ0n) is 11.6. The highest BCUT2D eigenvalue weighted by atomic mass is 35.5. The number of phenols is 1. The Morgan fingerprint density at radius 3 is 2.21 bits per heavy atom. The maximum absolute atomic E-state index is 9.42. The van der Waals surface area contributed by atoms with Gasteiger partial charge in [0.25, 0.3) is 0 Å². The van der Waals surface area contributed by atoms with E-state index in [1.165, 1.54) is 6.07 Å². The zero-order chi connectivity index (χ0) is 14.4. The second-order valence-electron chi connectivity index (χ2n) is 5.86. The highest BCUT2D eigenvalue weighted by Crippen LogP contribution is 2.40. The molecular weight excluding hydrogens is 264 g/mol. The van der Waals surface area contributed by atoms with Crippen LogP contribution in [-0.2, 0) is 9.31 Å². The van der Waals surface area contributed by atoms with Crippen LogP contribution in [0.25, 0.3) is 0 Å². The first-order valence-corrected chi connectivity index (χ1v) is 6.61. The average Bonchev–Trinajstić information content (AvgIpc) is 2.51. The topological polar surface area (TPSA) is 64.7 Å². The summed E-state index contributed by atoms with van der Waals surface area (Å²) in [4.78, 5) is 0. The van der Waals surface area contributed by atoms with Crippen LogP contribution < -0.4 is 5.73 Å². The first-order chi connectivity index (χ1) is 8.64. The molecule has 0 spiro atoms. The molecule has 1 aromatic carbocycles. The molecule has 6 heteroatoms. The van der Waals surface area contributed by atoms with Crippen molar-refractivity contribution in [1.29, 1.82) is 0 Å². The normalized spacial score (nSPS) is 22.5. The van der Waals surface area contributed by atoms with Gasteiger partial charge in [0.05, 0.1) is 22.2 Å². The summed E-state index contributed by atoms with van der Waals surface area (Å²) in [5.41, 5.74) is 6.10. The lowest BCUT2D eigenvalue weighted by molar-refractivity contribution is 0.00578. The Morgan fingerprint density at radius 2 is 1.74 bits per heavy atom. The molecule has 1 heterocycles. The van der Waals surface area contributed by atoms with Gasteiger partial charge in [-0.1, -0.05) is 17.7 Å². The third-order valence-electron chi connectivity index (χ3n) is 3.92. The molecule has 1 aliphatic heterocycles. The number of nitrogens with two attached hydrogens (primary N) is 1. The van der Waals surface area contributed by atoms with Crippen LogP contribution in [-0.4, -0.2) is 23.4 Å². The molecule has 0 bridgehead atoms. The summed E-state index contributed by atoms with van der Waals surface area (Å²) in [6.07, 6.45) is 0. The molecule has 19 heavy (non-hydrogen) atoms. The molecule has 4 nitrogen and oxygen atoms in total. The van der Waals surface area contributed by atoms with Gasteiger partial charge in [-0.25, -0.2) is 0 Å². The van der Waals surface area contributed by atoms with Crippen molar-refractivity contribution in [1.82, 2.24) is 0 Å². The van der Waals surface area contributed by atoms with E-state index in [0.717, 1.165) is 5.56 Å². The number of hydrogen-bond donors (Lipinski definition) is 2. The van der Waals surface area contributed by atoms with Crippen LogP contribution in [0.15, 0.2) is 18.2 Å². The fourth-order valence-corrected chi connectivity index (χ4v) is 2.11. The van der Waals surface area contributed by atoms with Crippen LogP contribution in [0.2, 0.25) is 5.02 Å². The van der Waals surface area contributed by atoms with E-state index in [1.54, 1.807) is 12.1 Å². The summed E-state index contributed by atoms with van der Waals surface area (Å²) in [5.74, 6) is -0.425. The number of benzene rings is 1. The first kappa shape index (κ1) is 14.7. The Kier molecular flexibility index (Phi) is 3.60. The van der Waals surface area contributed by atoms with Crippen molar-refractivity contribution in [3.63, 3.8) is 0 Å². The highest BCUT2D eigenvalue weighted by molar-refractivity contribution is 6.47. The number of halogens is 1. The van der Waals surface area contributed by atoms with Gasteiger partial charge in [-0.3, -0.25) is 0 Å². The third kappa shape index (κ3) is 2.61. The summed E-state index contributed by atoms with van der Waals surface area (Å²) in [7, 11) is -0.536. The molecule has 1 atom stereocenters. The van der Waals surface area contributed by atoms with Crippen LogP contribution in [0, 0.1) is 0 Å². The van der Waals surface area contributed by atoms with E-state index in [2.05, 4.69) is 0 Å². The minimum absolute atomic E-state index is 0.0338. The number of phenolic OH excluding ortho intramolecular Hbond substituents is 1. The summed E-state index contributed by atoms with van der Waals surface area (Å²) in [5, 5.41) is 9.69. The molecule has 0 aliphatic carbocycles. The maximum atomic E-state index is 9.42. The van der Waals surface area contributed by atoms with Crippen molar-refractivity contribution in [3.8, 4) is 5.75 Å². The fraction of sp³-hybridized carbons (Fsp3) is 0.538. The van der Waals surface area contributed by atoms with Crippen molar-refractivity contribution < 1.29 is 14.4 Å². The van der Waals surface area contributed by atoms with E-state index < -0.39 is 24.3 Å². The van der Waals surface area contributed by atoms with Gasteiger partial charge in [0.2, 0.25) is 0 Å². The minimum atomic E-state index is -0.536. The van der Waals surface area contributed by atoms with E-state index in [0.29, 0.717) is 0 Å². The lowest BCUT2D eigenvalue weighted by atomic mass is 9.75. The molecule has 1 saturated heterocycles. The molecule has 0 amide bonds. The fourth-order valence-electron chi connectivity index (χ4n) is 1.92. The third-order valence-corrected chi connectivity index (χ3v) is 4.22. The van der Waals surface area contributed by atoms with Gasteiger partial charge in [0, 0.05) is 0 Å². The van der Waals surface area contributed by atoms with Crippen molar-refractivity contribution in [2.45, 2.75) is 44.8 Å². The van der Waals surface area contributed by atoms with Crippen LogP contribution >= 0.6 is 11.6 Å². The predicted octanol–water partition coefficient (Wildman–Crippen LogP) is 2.68. The Morgan fingerprint density at radius 1 is 1.21 bits per heavy atom. The largest absolute Gasteiger partial charge is 0.506 e. The Labute approximate surface area is 119 Å². The van der Waals surface area contributed by atoms with Crippen molar-refractivity contribution in [2.75, 3.05) is 0 Å². The Balaban J connectivity index is 2.22. The first-order valence-electron chi connectivity index (χ1n) is 6.24.